The molecule has 0 spiro atoms. The molecule has 0 fully saturated rings. The third-order valence-corrected chi connectivity index (χ3v) is 3.50. The van der Waals surface area contributed by atoms with Crippen molar-refractivity contribution in [3.8, 4) is 0 Å². The summed E-state index contributed by atoms with van der Waals surface area (Å²) in [4.78, 5) is 0. The molecule has 1 N–H and O–H groups in total. The SMILES string of the molecule is CC(C)Cc1nn2c(c1Br)NCC(C)C2. The summed E-state index contributed by atoms with van der Waals surface area (Å²) in [6, 6.07) is 0. The molecule has 2 heterocycles. The Labute approximate surface area is 99.4 Å². The number of hydrogen-bond acceptors (Lipinski definition) is 2. The zero-order valence-corrected chi connectivity index (χ0v) is 11.1. The minimum atomic E-state index is 0.649. The van der Waals surface area contributed by atoms with Crippen molar-refractivity contribution in [3.05, 3.63) is 10.2 Å². The van der Waals surface area contributed by atoms with E-state index in [0.29, 0.717) is 11.8 Å². The van der Waals surface area contributed by atoms with Gasteiger partial charge in [-0.3, -0.25) is 0 Å². The number of aromatic nitrogens is 2. The Morgan fingerprint density at radius 2 is 2.33 bits per heavy atom. The molecule has 84 valence electrons. The summed E-state index contributed by atoms with van der Waals surface area (Å²) < 4.78 is 3.25. The standard InChI is InChI=1S/C11H18BrN3/c1-7(2)4-9-10(12)11-13-5-8(3)6-15(11)14-9/h7-8,13H,4-6H2,1-3H3. The Morgan fingerprint density at radius 3 is 3.00 bits per heavy atom. The molecule has 0 aliphatic carbocycles. The van der Waals surface area contributed by atoms with Gasteiger partial charge in [0.05, 0.1) is 10.2 Å². The lowest BCUT2D eigenvalue weighted by atomic mass is 10.1. The maximum absolute atomic E-state index is 4.65. The second-order valence-electron chi connectivity index (χ2n) is 4.88. The Morgan fingerprint density at radius 1 is 1.60 bits per heavy atom. The molecule has 1 aliphatic heterocycles. The molecule has 1 aliphatic rings. The molecular formula is C11H18BrN3. The van der Waals surface area contributed by atoms with E-state index in [2.05, 4.69) is 51.8 Å². The Bertz CT molecular complexity index is 357. The molecule has 0 saturated carbocycles. The van der Waals surface area contributed by atoms with E-state index in [4.69, 9.17) is 0 Å². The summed E-state index contributed by atoms with van der Waals surface area (Å²) in [7, 11) is 0. The van der Waals surface area contributed by atoms with Gasteiger partial charge in [0.15, 0.2) is 0 Å². The van der Waals surface area contributed by atoms with E-state index in [1.165, 1.54) is 5.69 Å². The van der Waals surface area contributed by atoms with E-state index in [-0.39, 0.29) is 0 Å². The summed E-state index contributed by atoms with van der Waals surface area (Å²) in [5, 5.41) is 8.08. The fourth-order valence-electron chi connectivity index (χ4n) is 1.94. The third kappa shape index (κ3) is 2.19. The van der Waals surface area contributed by atoms with Crippen molar-refractivity contribution < 1.29 is 0 Å². The summed E-state index contributed by atoms with van der Waals surface area (Å²) in [6.07, 6.45) is 1.04. The minimum absolute atomic E-state index is 0.649. The van der Waals surface area contributed by atoms with Crippen LogP contribution in [0.5, 0.6) is 0 Å². The van der Waals surface area contributed by atoms with Gasteiger partial charge in [0.1, 0.15) is 5.82 Å². The van der Waals surface area contributed by atoms with Crippen LogP contribution in [0.3, 0.4) is 0 Å². The fourth-order valence-corrected chi connectivity index (χ4v) is 2.52. The molecule has 0 aromatic carbocycles. The number of halogens is 1. The van der Waals surface area contributed by atoms with E-state index < -0.39 is 0 Å². The Balaban J connectivity index is 2.28. The highest BCUT2D eigenvalue weighted by molar-refractivity contribution is 9.10. The molecule has 0 saturated heterocycles. The van der Waals surface area contributed by atoms with Gasteiger partial charge in [-0.2, -0.15) is 5.10 Å². The van der Waals surface area contributed by atoms with Crippen LogP contribution in [0.25, 0.3) is 0 Å². The zero-order chi connectivity index (χ0) is 11.0. The molecule has 1 unspecified atom stereocenters. The van der Waals surface area contributed by atoms with Crippen molar-refractivity contribution in [2.24, 2.45) is 11.8 Å². The largest absolute Gasteiger partial charge is 0.369 e. The highest BCUT2D eigenvalue weighted by atomic mass is 79.9. The molecule has 1 aromatic rings. The van der Waals surface area contributed by atoms with Gasteiger partial charge in [0.25, 0.3) is 0 Å². The van der Waals surface area contributed by atoms with E-state index in [1.807, 2.05) is 0 Å². The van der Waals surface area contributed by atoms with E-state index >= 15 is 0 Å². The van der Waals surface area contributed by atoms with Gasteiger partial charge in [0, 0.05) is 13.1 Å². The molecule has 0 amide bonds. The molecule has 4 heteroatoms. The molecule has 1 aromatic heterocycles. The van der Waals surface area contributed by atoms with Crippen molar-refractivity contribution >= 4 is 21.7 Å². The van der Waals surface area contributed by atoms with Crippen molar-refractivity contribution in [3.63, 3.8) is 0 Å². The monoisotopic (exact) mass is 271 g/mol. The molecule has 2 rings (SSSR count). The third-order valence-electron chi connectivity index (χ3n) is 2.66. The molecule has 3 nitrogen and oxygen atoms in total. The number of rotatable bonds is 2. The van der Waals surface area contributed by atoms with Gasteiger partial charge in [-0.1, -0.05) is 20.8 Å². The maximum atomic E-state index is 4.65. The van der Waals surface area contributed by atoms with Crippen LogP contribution in [0.15, 0.2) is 4.47 Å². The van der Waals surface area contributed by atoms with Crippen molar-refractivity contribution in [1.82, 2.24) is 9.78 Å². The van der Waals surface area contributed by atoms with Crippen molar-refractivity contribution in [1.29, 1.82) is 0 Å². The predicted molar refractivity (Wildman–Crippen MR) is 66.1 cm³/mol. The van der Waals surface area contributed by atoms with Gasteiger partial charge >= 0.3 is 0 Å². The minimum Gasteiger partial charge on any atom is -0.369 e. The highest BCUT2D eigenvalue weighted by Crippen LogP contribution is 2.31. The molecule has 1 atom stereocenters. The lowest BCUT2D eigenvalue weighted by molar-refractivity contribution is 0.441. The van der Waals surface area contributed by atoms with Crippen LogP contribution in [0.4, 0.5) is 5.82 Å². The lowest BCUT2D eigenvalue weighted by Crippen LogP contribution is -2.25. The Hall–Kier alpha value is -0.510. The summed E-state index contributed by atoms with van der Waals surface area (Å²) in [5.74, 6) is 2.47. The van der Waals surface area contributed by atoms with Gasteiger partial charge in [0.2, 0.25) is 0 Å². The highest BCUT2D eigenvalue weighted by Gasteiger charge is 2.21. The predicted octanol–water partition coefficient (Wildman–Crippen LogP) is 2.91. The lowest BCUT2D eigenvalue weighted by Gasteiger charge is -2.21. The van der Waals surface area contributed by atoms with E-state index in [9.17, 15) is 0 Å². The van der Waals surface area contributed by atoms with Crippen molar-refractivity contribution in [2.75, 3.05) is 11.9 Å². The first-order valence-corrected chi connectivity index (χ1v) is 6.36. The van der Waals surface area contributed by atoms with Crippen LogP contribution in [-0.2, 0) is 13.0 Å². The number of nitrogens with one attached hydrogen (secondary N) is 1. The molecule has 0 radical (unpaired) electrons. The molecule has 0 bridgehead atoms. The molecule has 15 heavy (non-hydrogen) atoms. The first kappa shape index (κ1) is 11.0. The average molecular weight is 272 g/mol. The van der Waals surface area contributed by atoms with Crippen LogP contribution < -0.4 is 5.32 Å². The van der Waals surface area contributed by atoms with Crippen LogP contribution in [0.2, 0.25) is 0 Å². The normalized spacial score (nSPS) is 20.2. The van der Waals surface area contributed by atoms with Crippen LogP contribution in [-0.4, -0.2) is 16.3 Å². The number of anilines is 1. The first-order valence-electron chi connectivity index (χ1n) is 5.57. The van der Waals surface area contributed by atoms with E-state index in [0.717, 1.165) is 29.8 Å². The summed E-state index contributed by atoms with van der Waals surface area (Å²) in [5.41, 5.74) is 1.18. The Kier molecular flexibility index (Phi) is 3.05. The van der Waals surface area contributed by atoms with Crippen LogP contribution in [0, 0.1) is 11.8 Å². The topological polar surface area (TPSA) is 29.9 Å². The molecular weight excluding hydrogens is 254 g/mol. The quantitative estimate of drug-likeness (QED) is 0.897. The smallest absolute Gasteiger partial charge is 0.139 e. The van der Waals surface area contributed by atoms with Gasteiger partial charge in [-0.25, -0.2) is 4.68 Å². The van der Waals surface area contributed by atoms with Crippen LogP contribution in [0.1, 0.15) is 26.5 Å². The van der Waals surface area contributed by atoms with E-state index in [1.54, 1.807) is 0 Å². The van der Waals surface area contributed by atoms with Crippen molar-refractivity contribution in [2.45, 2.75) is 33.7 Å². The number of nitrogens with zero attached hydrogens (tertiary/aromatic N) is 2. The second kappa shape index (κ2) is 4.16. The van der Waals surface area contributed by atoms with Gasteiger partial charge < -0.3 is 5.32 Å². The van der Waals surface area contributed by atoms with Gasteiger partial charge in [-0.15, -0.1) is 0 Å². The fraction of sp³-hybridized carbons (Fsp3) is 0.727. The first-order chi connectivity index (χ1) is 7.08. The second-order valence-corrected chi connectivity index (χ2v) is 5.67. The average Bonchev–Trinajstić information content (AvgIpc) is 2.42. The number of fused-ring (bicyclic) bond motifs is 1. The zero-order valence-electron chi connectivity index (χ0n) is 9.55. The summed E-state index contributed by atoms with van der Waals surface area (Å²) >= 11 is 3.64. The van der Waals surface area contributed by atoms with Gasteiger partial charge in [-0.05, 0) is 34.2 Å². The summed E-state index contributed by atoms with van der Waals surface area (Å²) in [6.45, 7) is 8.76. The van der Waals surface area contributed by atoms with Crippen LogP contribution >= 0.6 is 15.9 Å². The maximum Gasteiger partial charge on any atom is 0.139 e. The number of hydrogen-bond donors (Lipinski definition) is 1.